The van der Waals surface area contributed by atoms with Crippen LogP contribution in [0, 0.1) is 11.8 Å². The number of nitrogens with zero attached hydrogens (tertiary/aromatic N) is 1. The molecule has 0 saturated heterocycles. The molecule has 0 aliphatic heterocycles. The topological polar surface area (TPSA) is 3.24 Å². The van der Waals surface area contributed by atoms with Crippen LogP contribution >= 0.6 is 22.9 Å². The van der Waals surface area contributed by atoms with E-state index in [1.54, 1.807) is 11.3 Å². The molecule has 3 heteroatoms. The Bertz CT molecular complexity index is 285. The zero-order valence-electron chi connectivity index (χ0n) is 11.3. The smallest absolute Gasteiger partial charge is 0.0805 e. The Morgan fingerprint density at radius 1 is 1.12 bits per heavy atom. The van der Waals surface area contributed by atoms with Crippen molar-refractivity contribution in [2.45, 2.75) is 33.1 Å². The normalized spacial score (nSPS) is 13.9. The third-order valence-corrected chi connectivity index (χ3v) is 4.01. The fourth-order valence-electron chi connectivity index (χ4n) is 2.04. The van der Waals surface area contributed by atoms with Gasteiger partial charge in [-0.1, -0.05) is 33.8 Å². The summed E-state index contributed by atoms with van der Waals surface area (Å²) < 4.78 is 0. The first-order valence-electron chi connectivity index (χ1n) is 6.38. The summed E-state index contributed by atoms with van der Waals surface area (Å²) in [6.45, 7) is 12.3. The van der Waals surface area contributed by atoms with E-state index >= 15 is 0 Å². The van der Waals surface area contributed by atoms with Crippen molar-refractivity contribution in [1.29, 1.82) is 0 Å². The number of rotatable bonds is 7. The Hall–Kier alpha value is -0.0500. The molecule has 1 atom stereocenters. The molecular weight excluding hydrogens is 250 g/mol. The summed E-state index contributed by atoms with van der Waals surface area (Å²) in [5.41, 5.74) is 0. The minimum absolute atomic E-state index is 0.132. The van der Waals surface area contributed by atoms with Gasteiger partial charge in [-0.15, -0.1) is 22.9 Å². The van der Waals surface area contributed by atoms with E-state index in [1.807, 2.05) is 0 Å². The van der Waals surface area contributed by atoms with E-state index < -0.39 is 0 Å². The summed E-state index contributed by atoms with van der Waals surface area (Å²) in [5, 5.41) is 2.23. The average Bonchev–Trinajstić information content (AvgIpc) is 2.67. The molecule has 0 aromatic carbocycles. The van der Waals surface area contributed by atoms with Gasteiger partial charge in [0.15, 0.2) is 0 Å². The minimum Gasteiger partial charge on any atom is -0.301 e. The Balaban J connectivity index is 2.52. The quantitative estimate of drug-likeness (QED) is 0.654. The highest BCUT2D eigenvalue weighted by molar-refractivity contribution is 7.10. The molecule has 1 heterocycles. The van der Waals surface area contributed by atoms with Crippen LogP contribution in [0.15, 0.2) is 17.5 Å². The standard InChI is InChI=1S/C14H24ClNS/c1-11(2)8-16(9-12(3)4)10-13(15)14-6-5-7-17-14/h5-7,11-13H,8-10H2,1-4H3. The van der Waals surface area contributed by atoms with E-state index in [0.29, 0.717) is 11.8 Å². The van der Waals surface area contributed by atoms with Crippen LogP contribution in [-0.4, -0.2) is 24.5 Å². The van der Waals surface area contributed by atoms with Gasteiger partial charge in [-0.2, -0.15) is 0 Å². The number of halogens is 1. The van der Waals surface area contributed by atoms with Gasteiger partial charge in [-0.3, -0.25) is 0 Å². The Labute approximate surface area is 115 Å². The fraction of sp³-hybridized carbons (Fsp3) is 0.714. The van der Waals surface area contributed by atoms with Crippen molar-refractivity contribution in [3.8, 4) is 0 Å². The van der Waals surface area contributed by atoms with E-state index in [1.165, 1.54) is 4.88 Å². The van der Waals surface area contributed by atoms with Crippen LogP contribution in [0.3, 0.4) is 0 Å². The molecule has 0 amide bonds. The van der Waals surface area contributed by atoms with Crippen molar-refractivity contribution in [3.63, 3.8) is 0 Å². The third-order valence-electron chi connectivity index (χ3n) is 2.52. The molecule has 0 aliphatic rings. The Morgan fingerprint density at radius 2 is 1.71 bits per heavy atom. The molecular formula is C14H24ClNS. The van der Waals surface area contributed by atoms with E-state index in [4.69, 9.17) is 11.6 Å². The predicted molar refractivity (Wildman–Crippen MR) is 79.0 cm³/mol. The highest BCUT2D eigenvalue weighted by Crippen LogP contribution is 2.26. The van der Waals surface area contributed by atoms with Crippen molar-refractivity contribution in [3.05, 3.63) is 22.4 Å². The van der Waals surface area contributed by atoms with Crippen molar-refractivity contribution < 1.29 is 0 Å². The van der Waals surface area contributed by atoms with E-state index in [9.17, 15) is 0 Å². The number of hydrogen-bond acceptors (Lipinski definition) is 2. The molecule has 0 N–H and O–H groups in total. The average molecular weight is 274 g/mol. The van der Waals surface area contributed by atoms with E-state index in [2.05, 4.69) is 50.1 Å². The predicted octanol–water partition coefficient (Wildman–Crippen LogP) is 4.64. The van der Waals surface area contributed by atoms with Gasteiger partial charge in [0, 0.05) is 24.5 Å². The molecule has 17 heavy (non-hydrogen) atoms. The zero-order chi connectivity index (χ0) is 12.8. The van der Waals surface area contributed by atoms with Crippen molar-refractivity contribution in [2.24, 2.45) is 11.8 Å². The van der Waals surface area contributed by atoms with Crippen LogP contribution in [0.2, 0.25) is 0 Å². The van der Waals surface area contributed by atoms with Crippen LogP contribution in [0.4, 0.5) is 0 Å². The third kappa shape index (κ3) is 5.89. The molecule has 1 unspecified atom stereocenters. The molecule has 0 spiro atoms. The molecule has 0 aliphatic carbocycles. The van der Waals surface area contributed by atoms with Gasteiger partial charge in [-0.05, 0) is 23.3 Å². The van der Waals surface area contributed by atoms with Gasteiger partial charge in [0.2, 0.25) is 0 Å². The molecule has 0 radical (unpaired) electrons. The van der Waals surface area contributed by atoms with Crippen molar-refractivity contribution in [2.75, 3.05) is 19.6 Å². The lowest BCUT2D eigenvalue weighted by Gasteiger charge is -2.27. The summed E-state index contributed by atoms with van der Waals surface area (Å²) in [6.07, 6.45) is 0. The van der Waals surface area contributed by atoms with Gasteiger partial charge < -0.3 is 4.90 Å². The van der Waals surface area contributed by atoms with Crippen LogP contribution < -0.4 is 0 Å². The number of hydrogen-bond donors (Lipinski definition) is 0. The minimum atomic E-state index is 0.132. The Kier molecular flexibility index (Phi) is 6.53. The molecule has 1 rings (SSSR count). The van der Waals surface area contributed by atoms with Gasteiger partial charge in [0.25, 0.3) is 0 Å². The highest BCUT2D eigenvalue weighted by atomic mass is 35.5. The highest BCUT2D eigenvalue weighted by Gasteiger charge is 2.16. The van der Waals surface area contributed by atoms with Crippen LogP contribution in [-0.2, 0) is 0 Å². The summed E-state index contributed by atoms with van der Waals surface area (Å²) in [6, 6.07) is 4.20. The van der Waals surface area contributed by atoms with Gasteiger partial charge in [0.05, 0.1) is 5.38 Å². The lowest BCUT2D eigenvalue weighted by Crippen LogP contribution is -2.33. The summed E-state index contributed by atoms with van der Waals surface area (Å²) in [4.78, 5) is 3.77. The van der Waals surface area contributed by atoms with Gasteiger partial charge >= 0.3 is 0 Å². The first kappa shape index (κ1) is 15.0. The second kappa shape index (κ2) is 7.40. The second-order valence-corrected chi connectivity index (χ2v) is 7.00. The van der Waals surface area contributed by atoms with Crippen LogP contribution in [0.25, 0.3) is 0 Å². The summed E-state index contributed by atoms with van der Waals surface area (Å²) in [5.74, 6) is 1.39. The lowest BCUT2D eigenvalue weighted by atomic mass is 10.1. The molecule has 1 aromatic heterocycles. The summed E-state index contributed by atoms with van der Waals surface area (Å²) in [7, 11) is 0. The maximum Gasteiger partial charge on any atom is 0.0805 e. The molecule has 0 bridgehead atoms. The monoisotopic (exact) mass is 273 g/mol. The van der Waals surface area contributed by atoms with Gasteiger partial charge in [-0.25, -0.2) is 0 Å². The first-order chi connectivity index (χ1) is 7.99. The molecule has 1 aromatic rings. The lowest BCUT2D eigenvalue weighted by molar-refractivity contribution is 0.220. The second-order valence-electron chi connectivity index (χ2n) is 5.49. The molecule has 0 fully saturated rings. The summed E-state index contributed by atoms with van der Waals surface area (Å²) >= 11 is 8.23. The largest absolute Gasteiger partial charge is 0.301 e. The molecule has 1 nitrogen and oxygen atoms in total. The molecule has 98 valence electrons. The van der Waals surface area contributed by atoms with Crippen molar-refractivity contribution in [1.82, 2.24) is 4.90 Å². The number of thiophene rings is 1. The number of alkyl halides is 1. The first-order valence-corrected chi connectivity index (χ1v) is 7.70. The van der Waals surface area contributed by atoms with E-state index in [0.717, 1.165) is 19.6 Å². The Morgan fingerprint density at radius 3 is 2.12 bits per heavy atom. The zero-order valence-corrected chi connectivity index (χ0v) is 12.9. The maximum atomic E-state index is 6.48. The molecule has 0 saturated carbocycles. The van der Waals surface area contributed by atoms with Crippen LogP contribution in [0.1, 0.15) is 37.9 Å². The fourth-order valence-corrected chi connectivity index (χ4v) is 3.16. The van der Waals surface area contributed by atoms with E-state index in [-0.39, 0.29) is 5.38 Å². The van der Waals surface area contributed by atoms with Crippen LogP contribution in [0.5, 0.6) is 0 Å². The van der Waals surface area contributed by atoms with Crippen molar-refractivity contribution >= 4 is 22.9 Å². The maximum absolute atomic E-state index is 6.48. The van der Waals surface area contributed by atoms with Gasteiger partial charge in [0.1, 0.15) is 0 Å². The SMILES string of the molecule is CC(C)CN(CC(C)C)CC(Cl)c1cccs1.